The molecule has 1 aromatic carbocycles. The van der Waals surface area contributed by atoms with Crippen molar-refractivity contribution >= 4 is 37.8 Å². The third kappa shape index (κ3) is 4.54. The van der Waals surface area contributed by atoms with Crippen LogP contribution in [-0.4, -0.2) is 23.2 Å². The summed E-state index contributed by atoms with van der Waals surface area (Å²) in [5.74, 6) is -0.160. The number of carbonyl (C=O) groups excluding carboxylic acids is 1. The molecule has 1 aliphatic rings. The van der Waals surface area contributed by atoms with Crippen molar-refractivity contribution in [1.82, 2.24) is 5.32 Å². The van der Waals surface area contributed by atoms with Gasteiger partial charge in [0.1, 0.15) is 0 Å². The first-order valence-electron chi connectivity index (χ1n) is 7.17. The Morgan fingerprint density at radius 1 is 1.24 bits per heavy atom. The van der Waals surface area contributed by atoms with Crippen LogP contribution in [0, 0.1) is 5.41 Å². The molecule has 0 spiro atoms. The number of halogens is 2. The van der Waals surface area contributed by atoms with Crippen LogP contribution in [0.1, 0.15) is 49.9 Å². The van der Waals surface area contributed by atoms with Gasteiger partial charge in [0.25, 0.3) is 5.91 Å². The van der Waals surface area contributed by atoms with Crippen LogP contribution in [-0.2, 0) is 0 Å². The van der Waals surface area contributed by atoms with E-state index in [9.17, 15) is 9.90 Å². The van der Waals surface area contributed by atoms with Gasteiger partial charge in [-0.05, 0) is 65.2 Å². The summed E-state index contributed by atoms with van der Waals surface area (Å²) < 4.78 is 1.66. The van der Waals surface area contributed by atoms with Crippen LogP contribution < -0.4 is 5.32 Å². The minimum absolute atomic E-state index is 0.160. The third-order valence-electron chi connectivity index (χ3n) is 4.29. The van der Waals surface area contributed by atoms with E-state index in [4.69, 9.17) is 0 Å². The summed E-state index contributed by atoms with van der Waals surface area (Å²) >= 11 is 6.75. The number of hydrogen-bond acceptors (Lipinski definition) is 2. The van der Waals surface area contributed by atoms with Gasteiger partial charge in [-0.25, -0.2) is 0 Å². The van der Waals surface area contributed by atoms with Crippen LogP contribution in [0.15, 0.2) is 27.1 Å². The molecule has 2 N–H and O–H groups in total. The van der Waals surface area contributed by atoms with Crippen LogP contribution >= 0.6 is 31.9 Å². The molecule has 116 valence electrons. The van der Waals surface area contributed by atoms with E-state index in [1.54, 1.807) is 6.07 Å². The first-order valence-corrected chi connectivity index (χ1v) is 8.75. The summed E-state index contributed by atoms with van der Waals surface area (Å²) in [5, 5.41) is 13.4. The molecule has 0 aromatic heterocycles. The maximum absolute atomic E-state index is 12.2. The molecule has 1 aromatic rings. The van der Waals surface area contributed by atoms with Crippen LogP contribution in [0.25, 0.3) is 0 Å². The molecule has 1 saturated carbocycles. The fourth-order valence-electron chi connectivity index (χ4n) is 2.58. The van der Waals surface area contributed by atoms with Gasteiger partial charge in [-0.2, -0.15) is 0 Å². The highest BCUT2D eigenvalue weighted by Gasteiger charge is 2.36. The molecule has 0 heterocycles. The number of amides is 1. The Morgan fingerprint density at radius 2 is 1.86 bits per heavy atom. The molecule has 0 unspecified atom stereocenters. The average molecular weight is 419 g/mol. The van der Waals surface area contributed by atoms with Gasteiger partial charge in [0, 0.05) is 15.5 Å². The quantitative estimate of drug-likeness (QED) is 0.769. The largest absolute Gasteiger partial charge is 0.388 e. The predicted molar refractivity (Wildman–Crippen MR) is 91.4 cm³/mol. The summed E-state index contributed by atoms with van der Waals surface area (Å²) in [6, 6.07) is 5.43. The second-order valence-electron chi connectivity index (χ2n) is 6.70. The van der Waals surface area contributed by atoms with Gasteiger partial charge in [0.2, 0.25) is 0 Å². The molecule has 1 amide bonds. The molecular weight excluding hydrogens is 398 g/mol. The minimum Gasteiger partial charge on any atom is -0.388 e. The number of benzene rings is 1. The van der Waals surface area contributed by atoms with Gasteiger partial charge in [-0.15, -0.1) is 0 Å². The minimum atomic E-state index is -0.771. The second kappa shape index (κ2) is 6.39. The van der Waals surface area contributed by atoms with Gasteiger partial charge < -0.3 is 10.4 Å². The monoisotopic (exact) mass is 417 g/mol. The van der Waals surface area contributed by atoms with Gasteiger partial charge in [-0.3, -0.25) is 4.79 Å². The predicted octanol–water partition coefficient (Wildman–Crippen LogP) is 4.27. The van der Waals surface area contributed by atoms with E-state index in [1.165, 1.54) is 0 Å². The van der Waals surface area contributed by atoms with Crippen molar-refractivity contribution in [3.8, 4) is 0 Å². The first kappa shape index (κ1) is 17.0. The lowest BCUT2D eigenvalue weighted by atomic mass is 9.71. The zero-order chi connectivity index (χ0) is 15.7. The van der Waals surface area contributed by atoms with Crippen LogP contribution in [0.2, 0.25) is 0 Å². The Bertz CT molecular complexity index is 533. The van der Waals surface area contributed by atoms with Crippen LogP contribution in [0.4, 0.5) is 0 Å². The zero-order valence-electron chi connectivity index (χ0n) is 12.4. The standard InChI is InChI=1S/C16H21Br2NO2/c1-15(2)5-7-16(21,8-6-15)10-19-14(20)12-4-3-11(17)9-13(12)18/h3-4,9,21H,5-8,10H2,1-2H3,(H,19,20). The zero-order valence-corrected chi connectivity index (χ0v) is 15.6. The molecule has 0 radical (unpaired) electrons. The summed E-state index contributed by atoms with van der Waals surface area (Å²) in [4.78, 5) is 12.2. The Kier molecular flexibility index (Phi) is 5.16. The van der Waals surface area contributed by atoms with Gasteiger partial charge >= 0.3 is 0 Å². The number of hydrogen-bond donors (Lipinski definition) is 2. The molecular formula is C16H21Br2NO2. The Labute approximate surface area is 142 Å². The number of rotatable bonds is 3. The fourth-order valence-corrected chi connectivity index (χ4v) is 3.81. The third-order valence-corrected chi connectivity index (χ3v) is 5.44. The maximum atomic E-state index is 12.2. The van der Waals surface area contributed by atoms with Gasteiger partial charge in [0.15, 0.2) is 0 Å². The molecule has 0 saturated heterocycles. The van der Waals surface area contributed by atoms with E-state index < -0.39 is 5.60 Å². The van der Waals surface area contributed by atoms with Crippen molar-refractivity contribution in [3.63, 3.8) is 0 Å². The van der Waals surface area contributed by atoms with Crippen molar-refractivity contribution < 1.29 is 9.90 Å². The Morgan fingerprint density at radius 3 is 2.43 bits per heavy atom. The molecule has 1 fully saturated rings. The Hall–Kier alpha value is -0.390. The number of nitrogens with one attached hydrogen (secondary N) is 1. The fraction of sp³-hybridized carbons (Fsp3) is 0.562. The van der Waals surface area contributed by atoms with E-state index in [0.717, 1.165) is 34.6 Å². The molecule has 5 heteroatoms. The normalized spacial score (nSPS) is 20.0. The summed E-state index contributed by atoms with van der Waals surface area (Å²) in [7, 11) is 0. The van der Waals surface area contributed by atoms with E-state index in [-0.39, 0.29) is 5.91 Å². The highest BCUT2D eigenvalue weighted by atomic mass is 79.9. The molecule has 0 aliphatic heterocycles. The number of carbonyl (C=O) groups is 1. The smallest absolute Gasteiger partial charge is 0.252 e. The highest BCUT2D eigenvalue weighted by molar-refractivity contribution is 9.11. The molecule has 3 nitrogen and oxygen atoms in total. The van der Waals surface area contributed by atoms with Crippen molar-refractivity contribution in [2.45, 2.75) is 45.1 Å². The van der Waals surface area contributed by atoms with Crippen molar-refractivity contribution in [3.05, 3.63) is 32.7 Å². The first-order chi connectivity index (χ1) is 9.71. The molecule has 1 aliphatic carbocycles. The van der Waals surface area contributed by atoms with Crippen LogP contribution in [0.3, 0.4) is 0 Å². The molecule has 2 rings (SSSR count). The second-order valence-corrected chi connectivity index (χ2v) is 8.47. The van der Waals surface area contributed by atoms with Crippen molar-refractivity contribution in [1.29, 1.82) is 0 Å². The maximum Gasteiger partial charge on any atom is 0.252 e. The summed E-state index contributed by atoms with van der Waals surface area (Å²) in [6.45, 7) is 4.76. The Balaban J connectivity index is 1.95. The lowest BCUT2D eigenvalue weighted by Crippen LogP contribution is -2.46. The summed E-state index contributed by atoms with van der Waals surface area (Å²) in [6.07, 6.45) is 3.45. The van der Waals surface area contributed by atoms with E-state index in [2.05, 4.69) is 51.0 Å². The van der Waals surface area contributed by atoms with Gasteiger partial charge in [-0.1, -0.05) is 29.8 Å². The molecule has 0 bridgehead atoms. The van der Waals surface area contributed by atoms with Crippen molar-refractivity contribution in [2.24, 2.45) is 5.41 Å². The number of aliphatic hydroxyl groups is 1. The van der Waals surface area contributed by atoms with Gasteiger partial charge in [0.05, 0.1) is 11.2 Å². The average Bonchev–Trinajstić information content (AvgIpc) is 2.40. The molecule has 21 heavy (non-hydrogen) atoms. The lowest BCUT2D eigenvalue weighted by molar-refractivity contribution is -0.0233. The van der Waals surface area contributed by atoms with E-state index in [0.29, 0.717) is 17.5 Å². The SMILES string of the molecule is CC1(C)CCC(O)(CNC(=O)c2ccc(Br)cc2Br)CC1. The lowest BCUT2D eigenvalue weighted by Gasteiger charge is -2.40. The van der Waals surface area contributed by atoms with Crippen LogP contribution in [0.5, 0.6) is 0 Å². The van der Waals surface area contributed by atoms with Crippen molar-refractivity contribution in [2.75, 3.05) is 6.54 Å². The molecule has 0 atom stereocenters. The summed E-state index contributed by atoms with van der Waals surface area (Å²) in [5.41, 5.74) is 0.107. The van der Waals surface area contributed by atoms with E-state index in [1.807, 2.05) is 12.1 Å². The van der Waals surface area contributed by atoms with E-state index >= 15 is 0 Å². The topological polar surface area (TPSA) is 49.3 Å². The highest BCUT2D eigenvalue weighted by Crippen LogP contribution is 2.39.